The molecule has 4 rings (SSSR count). The van der Waals surface area contributed by atoms with E-state index in [-0.39, 0.29) is 23.8 Å². The molecule has 0 bridgehead atoms. The van der Waals surface area contributed by atoms with E-state index in [0.29, 0.717) is 5.82 Å². The minimum atomic E-state index is -3.04. The summed E-state index contributed by atoms with van der Waals surface area (Å²) in [7, 11) is 0. The molecule has 1 atom stereocenters. The smallest absolute Gasteiger partial charge is 0.267 e. The molecule has 25 heavy (non-hydrogen) atoms. The Hall–Kier alpha value is -2.38. The molecule has 1 aromatic carbocycles. The summed E-state index contributed by atoms with van der Waals surface area (Å²) in [5.74, 6) is -3.40. The minimum Gasteiger partial charge on any atom is -0.337 e. The van der Waals surface area contributed by atoms with Gasteiger partial charge in [0, 0.05) is 12.3 Å². The summed E-state index contributed by atoms with van der Waals surface area (Å²) >= 11 is 0. The Morgan fingerprint density at radius 2 is 2.08 bits per heavy atom. The van der Waals surface area contributed by atoms with E-state index < -0.39 is 36.7 Å². The number of alkyl halides is 2. The van der Waals surface area contributed by atoms with Crippen LogP contribution in [0.3, 0.4) is 0 Å². The molecule has 1 aromatic heterocycles. The first-order chi connectivity index (χ1) is 11.9. The summed E-state index contributed by atoms with van der Waals surface area (Å²) in [5.41, 5.74) is 0.172. The van der Waals surface area contributed by atoms with Crippen molar-refractivity contribution >= 4 is 5.91 Å². The van der Waals surface area contributed by atoms with Crippen LogP contribution in [0.15, 0.2) is 28.8 Å². The topological polar surface area (TPSA) is 59.2 Å². The molecule has 1 aliphatic carbocycles. The first-order valence-corrected chi connectivity index (χ1v) is 8.17. The molecule has 2 aromatic rings. The average Bonchev–Trinajstić information content (AvgIpc) is 3.20. The zero-order chi connectivity index (χ0) is 17.6. The van der Waals surface area contributed by atoms with Gasteiger partial charge in [0.1, 0.15) is 11.9 Å². The summed E-state index contributed by atoms with van der Waals surface area (Å²) in [6.07, 6.45) is 1.05. The zero-order valence-electron chi connectivity index (χ0n) is 13.3. The maximum absolute atomic E-state index is 13.9. The van der Waals surface area contributed by atoms with Crippen molar-refractivity contribution in [1.82, 2.24) is 15.0 Å². The number of nitrogens with zero attached hydrogens (tertiary/aromatic N) is 3. The number of carbonyl (C=O) groups is 1. The molecule has 0 N–H and O–H groups in total. The van der Waals surface area contributed by atoms with Gasteiger partial charge in [-0.2, -0.15) is 4.98 Å². The standard InChI is InChI=1S/C17H16F3N3O2/c18-12-4-2-1-3-11(12)7-14(24)23-9-17(19,20)8-13(23)16-21-15(22-25-16)10-5-6-10/h1-4,10,13H,5-9H2/t13-/m0/s1. The molecule has 132 valence electrons. The van der Waals surface area contributed by atoms with Crippen molar-refractivity contribution in [1.29, 1.82) is 0 Å². The van der Waals surface area contributed by atoms with Gasteiger partial charge in [-0.15, -0.1) is 0 Å². The second kappa shape index (κ2) is 5.86. The van der Waals surface area contributed by atoms with Crippen molar-refractivity contribution in [3.8, 4) is 0 Å². The maximum Gasteiger partial charge on any atom is 0.267 e. The minimum absolute atomic E-state index is 0.0287. The highest BCUT2D eigenvalue weighted by Gasteiger charge is 2.50. The number of amides is 1. The number of aromatic nitrogens is 2. The number of benzene rings is 1. The molecule has 0 unspecified atom stereocenters. The lowest BCUT2D eigenvalue weighted by atomic mass is 10.1. The molecular formula is C17H16F3N3O2. The first-order valence-electron chi connectivity index (χ1n) is 8.17. The monoisotopic (exact) mass is 351 g/mol. The van der Waals surface area contributed by atoms with E-state index in [0.717, 1.165) is 17.7 Å². The van der Waals surface area contributed by atoms with Crippen LogP contribution in [-0.2, 0) is 11.2 Å². The van der Waals surface area contributed by atoms with Crippen molar-refractivity contribution < 1.29 is 22.5 Å². The maximum atomic E-state index is 13.9. The SMILES string of the molecule is O=C(Cc1ccccc1F)N1CC(F)(F)C[C@H]1c1nc(C2CC2)no1. The molecule has 1 saturated carbocycles. The molecular weight excluding hydrogens is 335 g/mol. The van der Waals surface area contributed by atoms with E-state index in [1.165, 1.54) is 18.2 Å². The molecule has 2 heterocycles. The van der Waals surface area contributed by atoms with E-state index in [4.69, 9.17) is 4.52 Å². The zero-order valence-corrected chi connectivity index (χ0v) is 13.3. The van der Waals surface area contributed by atoms with Crippen LogP contribution in [-0.4, -0.2) is 33.4 Å². The average molecular weight is 351 g/mol. The molecule has 0 spiro atoms. The predicted molar refractivity (Wildman–Crippen MR) is 80.4 cm³/mol. The fourth-order valence-electron chi connectivity index (χ4n) is 3.10. The number of hydrogen-bond acceptors (Lipinski definition) is 4. The molecule has 1 amide bonds. The fourth-order valence-corrected chi connectivity index (χ4v) is 3.10. The molecule has 2 fully saturated rings. The Bertz CT molecular complexity index is 804. The number of halogens is 3. The summed E-state index contributed by atoms with van der Waals surface area (Å²) in [4.78, 5) is 17.7. The third-order valence-corrected chi connectivity index (χ3v) is 4.57. The van der Waals surface area contributed by atoms with Gasteiger partial charge in [0.2, 0.25) is 11.8 Å². The van der Waals surface area contributed by atoms with Gasteiger partial charge < -0.3 is 9.42 Å². The van der Waals surface area contributed by atoms with Crippen LogP contribution >= 0.6 is 0 Å². The Labute approximate surface area is 141 Å². The van der Waals surface area contributed by atoms with Crippen molar-refractivity contribution in [2.75, 3.05) is 6.54 Å². The summed E-state index contributed by atoms with van der Waals surface area (Å²) in [6, 6.07) is 4.83. The lowest BCUT2D eigenvalue weighted by molar-refractivity contribution is -0.133. The van der Waals surface area contributed by atoms with Crippen LogP contribution in [0.25, 0.3) is 0 Å². The van der Waals surface area contributed by atoms with Gasteiger partial charge in [-0.05, 0) is 24.5 Å². The number of carbonyl (C=O) groups excluding carboxylic acids is 1. The highest BCUT2D eigenvalue weighted by molar-refractivity contribution is 5.79. The second-order valence-corrected chi connectivity index (χ2v) is 6.63. The van der Waals surface area contributed by atoms with E-state index >= 15 is 0 Å². The van der Waals surface area contributed by atoms with Gasteiger partial charge in [-0.3, -0.25) is 4.79 Å². The molecule has 8 heteroatoms. The van der Waals surface area contributed by atoms with E-state index in [9.17, 15) is 18.0 Å². The van der Waals surface area contributed by atoms with Crippen molar-refractivity contribution in [3.63, 3.8) is 0 Å². The molecule has 5 nitrogen and oxygen atoms in total. The summed E-state index contributed by atoms with van der Waals surface area (Å²) < 4.78 is 46.7. The number of rotatable bonds is 4. The van der Waals surface area contributed by atoms with Gasteiger partial charge in [0.25, 0.3) is 5.92 Å². The van der Waals surface area contributed by atoms with Crippen LogP contribution in [0, 0.1) is 5.82 Å². The second-order valence-electron chi connectivity index (χ2n) is 6.63. The predicted octanol–water partition coefficient (Wildman–Crippen LogP) is 3.24. The Kier molecular flexibility index (Phi) is 3.77. The van der Waals surface area contributed by atoms with Crippen LogP contribution < -0.4 is 0 Å². The Balaban J connectivity index is 1.56. The molecule has 1 aliphatic heterocycles. The van der Waals surface area contributed by atoms with Crippen molar-refractivity contribution in [2.45, 2.75) is 43.6 Å². The first kappa shape index (κ1) is 16.1. The van der Waals surface area contributed by atoms with Gasteiger partial charge in [-0.25, -0.2) is 13.2 Å². The quantitative estimate of drug-likeness (QED) is 0.849. The summed E-state index contributed by atoms with van der Waals surface area (Å²) in [5, 5.41) is 3.83. The molecule has 1 saturated heterocycles. The van der Waals surface area contributed by atoms with Crippen molar-refractivity contribution in [2.24, 2.45) is 0 Å². The third-order valence-electron chi connectivity index (χ3n) is 4.57. The Morgan fingerprint density at radius 1 is 1.32 bits per heavy atom. The van der Waals surface area contributed by atoms with Crippen LogP contribution in [0.4, 0.5) is 13.2 Å². The lowest BCUT2D eigenvalue weighted by Gasteiger charge is -2.21. The lowest BCUT2D eigenvalue weighted by Crippen LogP contribution is -2.34. The number of hydrogen-bond donors (Lipinski definition) is 0. The van der Waals surface area contributed by atoms with E-state index in [2.05, 4.69) is 10.1 Å². The third kappa shape index (κ3) is 3.25. The largest absolute Gasteiger partial charge is 0.337 e. The highest BCUT2D eigenvalue weighted by atomic mass is 19.3. The fraction of sp³-hybridized carbons (Fsp3) is 0.471. The normalized spacial score (nSPS) is 22.4. The van der Waals surface area contributed by atoms with Crippen molar-refractivity contribution in [3.05, 3.63) is 47.4 Å². The van der Waals surface area contributed by atoms with Crippen LogP contribution in [0.1, 0.15) is 48.5 Å². The van der Waals surface area contributed by atoms with E-state index in [1.807, 2.05) is 0 Å². The highest BCUT2D eigenvalue weighted by Crippen LogP contribution is 2.43. The number of likely N-dealkylation sites (tertiary alicyclic amines) is 1. The van der Waals surface area contributed by atoms with Gasteiger partial charge in [0.15, 0.2) is 5.82 Å². The summed E-state index contributed by atoms with van der Waals surface area (Å²) in [6.45, 7) is -0.730. The van der Waals surface area contributed by atoms with Gasteiger partial charge >= 0.3 is 0 Å². The van der Waals surface area contributed by atoms with Crippen LogP contribution in [0.5, 0.6) is 0 Å². The van der Waals surface area contributed by atoms with Crippen LogP contribution in [0.2, 0.25) is 0 Å². The van der Waals surface area contributed by atoms with Gasteiger partial charge in [0.05, 0.1) is 13.0 Å². The van der Waals surface area contributed by atoms with Gasteiger partial charge in [-0.1, -0.05) is 23.4 Å². The molecule has 0 radical (unpaired) electrons. The Morgan fingerprint density at radius 3 is 2.80 bits per heavy atom. The van der Waals surface area contributed by atoms with E-state index in [1.54, 1.807) is 6.07 Å². The molecule has 2 aliphatic rings.